The molecule has 3 N–H and O–H groups in total. The summed E-state index contributed by atoms with van der Waals surface area (Å²) in [6.45, 7) is 9.48. The minimum absolute atomic E-state index is 0.00844. The van der Waals surface area contributed by atoms with Crippen LogP contribution < -0.4 is 16.0 Å². The zero-order valence-electron chi connectivity index (χ0n) is 23.6. The van der Waals surface area contributed by atoms with Gasteiger partial charge in [0.05, 0.1) is 5.66 Å². The molecule has 2 aromatic carbocycles. The lowest BCUT2D eigenvalue weighted by atomic mass is 9.89. The van der Waals surface area contributed by atoms with E-state index in [-0.39, 0.29) is 17.6 Å². The Hall–Kier alpha value is -2.39. The van der Waals surface area contributed by atoms with Crippen LogP contribution in [0.2, 0.25) is 10.0 Å². The van der Waals surface area contributed by atoms with E-state index in [0.717, 1.165) is 23.2 Å². The summed E-state index contributed by atoms with van der Waals surface area (Å²) in [5.74, 6) is -0.121. The molecule has 0 bridgehead atoms. The van der Waals surface area contributed by atoms with Gasteiger partial charge in [-0.25, -0.2) is 4.39 Å². The van der Waals surface area contributed by atoms with Gasteiger partial charge in [-0.15, -0.1) is 0 Å². The molecule has 2 saturated heterocycles. The van der Waals surface area contributed by atoms with Crippen LogP contribution in [0.4, 0.5) is 10.1 Å². The van der Waals surface area contributed by atoms with Gasteiger partial charge in [0, 0.05) is 66.9 Å². The van der Waals surface area contributed by atoms with Gasteiger partial charge in [-0.05, 0) is 61.2 Å². The van der Waals surface area contributed by atoms with E-state index < -0.39 is 11.7 Å². The van der Waals surface area contributed by atoms with Crippen molar-refractivity contribution in [3.05, 3.63) is 63.4 Å². The zero-order valence-corrected chi connectivity index (χ0v) is 25.1. The highest BCUT2D eigenvalue weighted by Gasteiger charge is 2.38. The summed E-state index contributed by atoms with van der Waals surface area (Å²) in [6, 6.07) is 9.38. The van der Waals surface area contributed by atoms with Gasteiger partial charge in [-0.1, -0.05) is 50.0 Å². The first-order valence-electron chi connectivity index (χ1n) is 14.1. The van der Waals surface area contributed by atoms with Gasteiger partial charge < -0.3 is 20.4 Å². The Morgan fingerprint density at radius 1 is 1.10 bits per heavy atom. The zero-order chi connectivity index (χ0) is 29.0. The van der Waals surface area contributed by atoms with Crippen molar-refractivity contribution in [2.24, 2.45) is 11.7 Å². The molecule has 40 heavy (non-hydrogen) atoms. The van der Waals surface area contributed by atoms with E-state index in [1.807, 2.05) is 17.9 Å². The van der Waals surface area contributed by atoms with Gasteiger partial charge >= 0.3 is 0 Å². The summed E-state index contributed by atoms with van der Waals surface area (Å²) in [7, 11) is 0. The molecule has 0 aromatic heterocycles. The van der Waals surface area contributed by atoms with Gasteiger partial charge in [0.2, 0.25) is 11.8 Å². The summed E-state index contributed by atoms with van der Waals surface area (Å²) in [6.07, 6.45) is 2.16. The number of nitrogens with one attached hydrogen (secondary N) is 1. The van der Waals surface area contributed by atoms with Crippen molar-refractivity contribution < 1.29 is 14.0 Å². The molecular weight excluding hydrogens is 552 g/mol. The summed E-state index contributed by atoms with van der Waals surface area (Å²) in [4.78, 5) is 32.3. The first kappa shape index (κ1) is 30.6. The van der Waals surface area contributed by atoms with Gasteiger partial charge in [-0.3, -0.25) is 14.9 Å². The number of rotatable bonds is 10. The predicted octanol–water partition coefficient (Wildman–Crippen LogP) is 4.78. The fourth-order valence-electron chi connectivity index (χ4n) is 5.98. The second-order valence-corrected chi connectivity index (χ2v) is 12.1. The SMILES string of the molecule is CCNC(N)(CC(C)C)c1cc(F)ccc1N1CCN(C(=O)C(Cc2ccc(Cl)cc2Cl)N2CCCC2=O)CC1. The quantitative estimate of drug-likeness (QED) is 0.388. The predicted molar refractivity (Wildman–Crippen MR) is 159 cm³/mol. The highest BCUT2D eigenvalue weighted by Crippen LogP contribution is 2.34. The molecule has 0 saturated carbocycles. The molecule has 7 nitrogen and oxygen atoms in total. The topological polar surface area (TPSA) is 81.9 Å². The van der Waals surface area contributed by atoms with E-state index in [4.69, 9.17) is 28.9 Å². The lowest BCUT2D eigenvalue weighted by Crippen LogP contribution is -2.57. The Bertz CT molecular complexity index is 1220. The van der Waals surface area contributed by atoms with Crippen LogP contribution in [-0.4, -0.2) is 66.9 Å². The third-order valence-corrected chi connectivity index (χ3v) is 8.38. The van der Waals surface area contributed by atoms with Crippen molar-refractivity contribution in [3.8, 4) is 0 Å². The molecule has 2 aliphatic rings. The molecule has 2 atom stereocenters. The first-order chi connectivity index (χ1) is 19.0. The standard InChI is InChI=1S/C30H40Cl2FN5O2/c1-4-35-30(34,19-20(2)3)24-18-23(33)9-10-26(24)36-12-14-37(15-13-36)29(40)27(38-11-5-6-28(38)39)16-21-7-8-22(31)17-25(21)32/h7-10,17-18,20,27,35H,4-6,11-16,19,34H2,1-3H3. The number of amides is 2. The number of carbonyl (C=O) groups excluding carboxylic acids is 2. The average molecular weight is 593 g/mol. The smallest absolute Gasteiger partial charge is 0.245 e. The highest BCUT2D eigenvalue weighted by atomic mass is 35.5. The van der Waals surface area contributed by atoms with Crippen molar-refractivity contribution in [1.29, 1.82) is 0 Å². The summed E-state index contributed by atoms with van der Waals surface area (Å²) in [5, 5.41) is 4.39. The lowest BCUT2D eigenvalue weighted by Gasteiger charge is -2.42. The minimum Gasteiger partial charge on any atom is -0.368 e. The van der Waals surface area contributed by atoms with Gasteiger partial charge in [0.25, 0.3) is 0 Å². The molecule has 0 radical (unpaired) electrons. The Morgan fingerprint density at radius 2 is 1.82 bits per heavy atom. The number of nitrogens with two attached hydrogens (primary N) is 1. The third-order valence-electron chi connectivity index (χ3n) is 7.79. The number of benzene rings is 2. The molecule has 10 heteroatoms. The van der Waals surface area contributed by atoms with Crippen LogP contribution in [0.15, 0.2) is 36.4 Å². The first-order valence-corrected chi connectivity index (χ1v) is 14.9. The molecule has 2 unspecified atom stereocenters. The molecule has 2 amide bonds. The number of anilines is 1. The van der Waals surface area contributed by atoms with E-state index >= 15 is 0 Å². The molecule has 2 aromatic rings. The fraction of sp³-hybridized carbons (Fsp3) is 0.533. The lowest BCUT2D eigenvalue weighted by molar-refractivity contribution is -0.143. The van der Waals surface area contributed by atoms with E-state index in [1.54, 1.807) is 23.1 Å². The number of hydrogen-bond donors (Lipinski definition) is 2. The Balaban J connectivity index is 1.54. The summed E-state index contributed by atoms with van der Waals surface area (Å²) < 4.78 is 14.5. The van der Waals surface area contributed by atoms with Crippen LogP contribution >= 0.6 is 23.2 Å². The summed E-state index contributed by atoms with van der Waals surface area (Å²) >= 11 is 12.5. The number of hydrogen-bond acceptors (Lipinski definition) is 5. The van der Waals surface area contributed by atoms with Crippen LogP contribution in [0.3, 0.4) is 0 Å². The van der Waals surface area contributed by atoms with Crippen molar-refractivity contribution >= 4 is 40.7 Å². The molecule has 4 rings (SSSR count). The molecular formula is C30H40Cl2FN5O2. The third kappa shape index (κ3) is 6.90. The number of nitrogens with zero attached hydrogens (tertiary/aromatic N) is 3. The average Bonchev–Trinajstić information content (AvgIpc) is 3.33. The van der Waals surface area contributed by atoms with Crippen molar-refractivity contribution in [1.82, 2.24) is 15.1 Å². The maximum atomic E-state index is 14.5. The second kappa shape index (κ2) is 13.1. The Kier molecular flexibility index (Phi) is 9.98. The molecule has 218 valence electrons. The van der Waals surface area contributed by atoms with E-state index in [9.17, 15) is 14.0 Å². The van der Waals surface area contributed by atoms with E-state index in [2.05, 4.69) is 24.1 Å². The second-order valence-electron chi connectivity index (χ2n) is 11.2. The fourth-order valence-corrected chi connectivity index (χ4v) is 6.47. The monoisotopic (exact) mass is 591 g/mol. The Labute approximate surface area is 246 Å². The van der Waals surface area contributed by atoms with E-state index in [0.29, 0.717) is 74.5 Å². The molecule has 0 aliphatic carbocycles. The number of likely N-dealkylation sites (tertiary alicyclic amines) is 1. The van der Waals surface area contributed by atoms with Crippen molar-refractivity contribution in [2.75, 3.05) is 44.2 Å². The highest BCUT2D eigenvalue weighted by molar-refractivity contribution is 6.35. The van der Waals surface area contributed by atoms with Crippen LogP contribution in [0.25, 0.3) is 0 Å². The summed E-state index contributed by atoms with van der Waals surface area (Å²) in [5.41, 5.74) is 8.37. The molecule has 2 aliphatic heterocycles. The van der Waals surface area contributed by atoms with Gasteiger partial charge in [0.15, 0.2) is 0 Å². The maximum absolute atomic E-state index is 14.5. The van der Waals surface area contributed by atoms with Gasteiger partial charge in [0.1, 0.15) is 11.9 Å². The largest absolute Gasteiger partial charge is 0.368 e. The number of halogens is 3. The van der Waals surface area contributed by atoms with Crippen LogP contribution in [0.1, 0.15) is 51.2 Å². The van der Waals surface area contributed by atoms with Crippen molar-refractivity contribution in [2.45, 2.75) is 58.2 Å². The normalized spacial score (nSPS) is 18.4. The van der Waals surface area contributed by atoms with Crippen LogP contribution in [0.5, 0.6) is 0 Å². The van der Waals surface area contributed by atoms with Crippen LogP contribution in [0, 0.1) is 11.7 Å². The molecule has 2 heterocycles. The van der Waals surface area contributed by atoms with Crippen LogP contribution in [-0.2, 0) is 21.7 Å². The maximum Gasteiger partial charge on any atom is 0.245 e. The molecule has 2 fully saturated rings. The molecule has 0 spiro atoms. The Morgan fingerprint density at radius 3 is 2.42 bits per heavy atom. The number of piperazine rings is 1. The van der Waals surface area contributed by atoms with E-state index in [1.165, 1.54) is 12.1 Å². The minimum atomic E-state index is -0.883. The number of carbonyl (C=O) groups is 2. The van der Waals surface area contributed by atoms with Gasteiger partial charge in [-0.2, -0.15) is 0 Å². The van der Waals surface area contributed by atoms with Crippen molar-refractivity contribution in [3.63, 3.8) is 0 Å².